The van der Waals surface area contributed by atoms with Gasteiger partial charge in [0.15, 0.2) is 0 Å². The summed E-state index contributed by atoms with van der Waals surface area (Å²) in [4.78, 5) is 6.52. The maximum absolute atomic E-state index is 8.03. The summed E-state index contributed by atoms with van der Waals surface area (Å²) in [5.41, 5.74) is 3.34. The largest absolute Gasteiger partial charge is 0.406 e. The van der Waals surface area contributed by atoms with Gasteiger partial charge in [0.05, 0.1) is 24.2 Å². The molecule has 0 atom stereocenters. The van der Waals surface area contributed by atoms with Gasteiger partial charge in [0.25, 0.3) is 11.7 Å². The minimum atomic E-state index is -2.23. The molecule has 3 aromatic rings. The van der Waals surface area contributed by atoms with Crippen molar-refractivity contribution in [3.63, 3.8) is 0 Å². The maximum Gasteiger partial charge on any atom is 0.406 e. The van der Waals surface area contributed by atoms with Crippen molar-refractivity contribution in [2.75, 3.05) is 4.81 Å². The van der Waals surface area contributed by atoms with Crippen LogP contribution < -0.4 is 9.38 Å². The van der Waals surface area contributed by atoms with Gasteiger partial charge in [0, 0.05) is 15.9 Å². The van der Waals surface area contributed by atoms with Gasteiger partial charge in [-0.3, -0.25) is 4.81 Å². The fourth-order valence-electron chi connectivity index (χ4n) is 3.28. The first-order valence-corrected chi connectivity index (χ1v) is 8.05. The Morgan fingerprint density at radius 3 is 2.92 bits per heavy atom. The van der Waals surface area contributed by atoms with Crippen LogP contribution in [0.4, 0.5) is 11.7 Å². The second kappa shape index (κ2) is 5.23. The van der Waals surface area contributed by atoms with E-state index in [1.807, 2.05) is 67.5 Å². The van der Waals surface area contributed by atoms with Crippen molar-refractivity contribution in [1.29, 1.82) is 0 Å². The van der Waals surface area contributed by atoms with Gasteiger partial charge in [-0.25, -0.2) is 9.55 Å². The summed E-state index contributed by atoms with van der Waals surface area (Å²) in [6, 6.07) is 7.88. The number of hydrogen-bond donors (Lipinski definition) is 0. The lowest BCUT2D eigenvalue weighted by atomic mass is 9.59. The van der Waals surface area contributed by atoms with Crippen LogP contribution in [0.2, 0.25) is 6.82 Å². The number of allylic oxidation sites excluding steroid dienone is 1. The first kappa shape index (κ1) is 11.9. The van der Waals surface area contributed by atoms with E-state index in [0.717, 1.165) is 22.5 Å². The third-order valence-corrected chi connectivity index (χ3v) is 4.51. The standard InChI is InChI=1S/C19H21BN3O/c1-12-8-9-22(5)16(10-12)23-19-17(13(2)11-20(23)4)15-7-6-14(3)21-18(15)24-19/h6-11H,1-5H3/q+1/i2D3. The molecule has 0 unspecified atom stereocenters. The van der Waals surface area contributed by atoms with Crippen molar-refractivity contribution < 1.29 is 13.1 Å². The van der Waals surface area contributed by atoms with Gasteiger partial charge in [0.2, 0.25) is 5.71 Å². The van der Waals surface area contributed by atoms with Gasteiger partial charge in [-0.1, -0.05) is 5.98 Å². The van der Waals surface area contributed by atoms with Crippen LogP contribution in [0.5, 0.6) is 0 Å². The molecule has 0 saturated carbocycles. The molecule has 0 aliphatic carbocycles. The van der Waals surface area contributed by atoms with E-state index in [0.29, 0.717) is 22.7 Å². The van der Waals surface area contributed by atoms with Gasteiger partial charge in [-0.05, 0) is 56.9 Å². The Hall–Kier alpha value is -2.56. The van der Waals surface area contributed by atoms with E-state index < -0.39 is 6.85 Å². The molecule has 4 heterocycles. The van der Waals surface area contributed by atoms with Crippen molar-refractivity contribution in [2.24, 2.45) is 7.05 Å². The van der Waals surface area contributed by atoms with E-state index >= 15 is 0 Å². The number of pyridine rings is 2. The predicted molar refractivity (Wildman–Crippen MR) is 98.5 cm³/mol. The van der Waals surface area contributed by atoms with Gasteiger partial charge in [-0.2, -0.15) is 0 Å². The molecule has 4 nitrogen and oxygen atoms in total. The van der Waals surface area contributed by atoms with Crippen LogP contribution in [0.1, 0.15) is 27.8 Å². The van der Waals surface area contributed by atoms with Gasteiger partial charge in [-0.15, -0.1) is 0 Å². The van der Waals surface area contributed by atoms with Crippen molar-refractivity contribution in [1.82, 2.24) is 4.98 Å². The van der Waals surface area contributed by atoms with Crippen LogP contribution in [0.3, 0.4) is 0 Å². The van der Waals surface area contributed by atoms with Crippen molar-refractivity contribution >= 4 is 35.2 Å². The van der Waals surface area contributed by atoms with Crippen molar-refractivity contribution in [2.45, 2.75) is 27.5 Å². The van der Waals surface area contributed by atoms with E-state index in [1.165, 1.54) is 0 Å². The van der Waals surface area contributed by atoms with Gasteiger partial charge >= 0.3 is 6.85 Å². The van der Waals surface area contributed by atoms with E-state index in [-0.39, 0.29) is 6.85 Å². The van der Waals surface area contributed by atoms with Crippen LogP contribution in [0, 0.1) is 13.8 Å². The number of hydrogen-bond acceptors (Lipinski definition) is 3. The minimum absolute atomic E-state index is 0.178. The number of aryl methyl sites for hydroxylation is 3. The zero-order valence-electron chi connectivity index (χ0n) is 17.3. The molecular formula is C19H21BN3O+. The molecule has 0 saturated heterocycles. The summed E-state index contributed by atoms with van der Waals surface area (Å²) < 4.78 is 32.2. The zero-order chi connectivity index (χ0) is 19.5. The van der Waals surface area contributed by atoms with Crippen LogP contribution >= 0.6 is 0 Å². The SMILES string of the molecule is [2H]C([2H])([2H])C1=CB(C)N(c2cc(C)cc[n+]2C)c2oc3nc(C)ccc3c21. The fourth-order valence-corrected chi connectivity index (χ4v) is 3.28. The second-order valence-electron chi connectivity index (χ2n) is 6.45. The molecule has 0 aromatic carbocycles. The molecule has 0 N–H and O–H groups in total. The molecule has 120 valence electrons. The summed E-state index contributed by atoms with van der Waals surface area (Å²) in [5.74, 6) is 3.28. The van der Waals surface area contributed by atoms with E-state index in [4.69, 9.17) is 8.53 Å². The Morgan fingerprint density at radius 1 is 1.29 bits per heavy atom. The Kier molecular flexibility index (Phi) is 2.59. The summed E-state index contributed by atoms with van der Waals surface area (Å²) >= 11 is 0. The lowest BCUT2D eigenvalue weighted by Gasteiger charge is -2.24. The molecule has 0 radical (unpaired) electrons. The highest BCUT2D eigenvalue weighted by molar-refractivity contribution is 6.70. The summed E-state index contributed by atoms with van der Waals surface area (Å²) in [5, 5.41) is 0.727. The molecule has 0 fully saturated rings. The number of fused-ring (bicyclic) bond motifs is 3. The summed E-state index contributed by atoms with van der Waals surface area (Å²) in [6.07, 6.45) is 1.99. The molecule has 5 heteroatoms. The second-order valence-corrected chi connectivity index (χ2v) is 6.45. The molecule has 0 spiro atoms. The fraction of sp³-hybridized carbons (Fsp3) is 0.263. The number of furan rings is 1. The number of aromatic nitrogens is 2. The van der Waals surface area contributed by atoms with Crippen molar-refractivity contribution in [3.05, 3.63) is 53.3 Å². The van der Waals surface area contributed by atoms with Crippen LogP contribution in [-0.2, 0) is 7.05 Å². The van der Waals surface area contributed by atoms with Crippen LogP contribution in [-0.4, -0.2) is 11.8 Å². The molecule has 1 aliphatic rings. The molecule has 0 bridgehead atoms. The third-order valence-electron chi connectivity index (χ3n) is 4.51. The Morgan fingerprint density at radius 2 is 2.12 bits per heavy atom. The van der Waals surface area contributed by atoms with E-state index in [9.17, 15) is 0 Å². The normalized spacial score (nSPS) is 16.5. The smallest absolute Gasteiger partial charge is 0.404 e. The molecule has 3 aromatic heterocycles. The minimum Gasteiger partial charge on any atom is -0.404 e. The molecule has 24 heavy (non-hydrogen) atoms. The van der Waals surface area contributed by atoms with Gasteiger partial charge < -0.3 is 4.42 Å². The lowest BCUT2D eigenvalue weighted by molar-refractivity contribution is -0.658. The monoisotopic (exact) mass is 321 g/mol. The quantitative estimate of drug-likeness (QED) is 0.502. The Bertz CT molecular complexity index is 1090. The zero-order valence-corrected chi connectivity index (χ0v) is 14.3. The Balaban J connectivity index is 2.05. The van der Waals surface area contributed by atoms with Crippen LogP contribution in [0.15, 0.2) is 40.9 Å². The highest BCUT2D eigenvalue weighted by Gasteiger charge is 2.39. The lowest BCUT2D eigenvalue weighted by Crippen LogP contribution is -2.43. The Labute approximate surface area is 146 Å². The van der Waals surface area contributed by atoms with Gasteiger partial charge in [0.1, 0.15) is 0 Å². The summed E-state index contributed by atoms with van der Waals surface area (Å²) in [7, 11) is 1.97. The average Bonchev–Trinajstić information content (AvgIpc) is 2.93. The molecule has 1 aliphatic heterocycles. The topological polar surface area (TPSA) is 33.2 Å². The predicted octanol–water partition coefficient (Wildman–Crippen LogP) is 3.98. The highest BCUT2D eigenvalue weighted by Crippen LogP contribution is 2.42. The number of anilines is 2. The number of rotatable bonds is 1. The highest BCUT2D eigenvalue weighted by atomic mass is 16.4. The molecular weight excluding hydrogens is 297 g/mol. The number of nitrogens with zero attached hydrogens (tertiary/aromatic N) is 3. The van der Waals surface area contributed by atoms with E-state index in [1.54, 1.807) is 0 Å². The summed E-state index contributed by atoms with van der Waals surface area (Å²) in [6.45, 7) is 3.49. The maximum atomic E-state index is 8.03. The van der Waals surface area contributed by atoms with Crippen molar-refractivity contribution in [3.8, 4) is 0 Å². The third kappa shape index (κ3) is 2.15. The average molecular weight is 321 g/mol. The van der Waals surface area contributed by atoms with Crippen LogP contribution in [0.25, 0.3) is 16.7 Å². The first-order valence-electron chi connectivity index (χ1n) is 9.55. The molecule has 0 amide bonds. The van der Waals surface area contributed by atoms with E-state index in [2.05, 4.69) is 11.1 Å². The first-order chi connectivity index (χ1) is 12.7. The molecule has 4 rings (SSSR count).